The van der Waals surface area contributed by atoms with Gasteiger partial charge in [-0.15, -0.1) is 0 Å². The minimum absolute atomic E-state index is 0.0846. The van der Waals surface area contributed by atoms with E-state index >= 15 is 0 Å². The van der Waals surface area contributed by atoms with Gasteiger partial charge >= 0.3 is 6.18 Å². The van der Waals surface area contributed by atoms with Crippen molar-refractivity contribution in [3.8, 4) is 0 Å². The first-order chi connectivity index (χ1) is 8.84. The van der Waals surface area contributed by atoms with Gasteiger partial charge in [-0.3, -0.25) is 4.79 Å². The van der Waals surface area contributed by atoms with Crippen LogP contribution in [0.15, 0.2) is 18.2 Å². The summed E-state index contributed by atoms with van der Waals surface area (Å²) in [4.78, 5) is 11.5. The van der Waals surface area contributed by atoms with Crippen molar-refractivity contribution in [2.24, 2.45) is 0 Å². The largest absolute Gasteiger partial charge is 0.416 e. The van der Waals surface area contributed by atoms with Gasteiger partial charge in [-0.2, -0.15) is 13.2 Å². The summed E-state index contributed by atoms with van der Waals surface area (Å²) in [6.45, 7) is 2.02. The molecule has 19 heavy (non-hydrogen) atoms. The van der Waals surface area contributed by atoms with Crippen LogP contribution < -0.4 is 11.1 Å². The molecule has 0 spiro atoms. The topological polar surface area (TPSA) is 55.1 Å². The average Bonchev–Trinajstić information content (AvgIpc) is 2.31. The van der Waals surface area contributed by atoms with Crippen molar-refractivity contribution < 1.29 is 18.0 Å². The van der Waals surface area contributed by atoms with E-state index < -0.39 is 11.7 Å². The van der Waals surface area contributed by atoms with Crippen molar-refractivity contribution >= 4 is 17.3 Å². The number of carbonyl (C=O) groups excluding carboxylic acids is 1. The third kappa shape index (κ3) is 4.81. The van der Waals surface area contributed by atoms with E-state index in [4.69, 9.17) is 5.73 Å². The molecule has 6 heteroatoms. The summed E-state index contributed by atoms with van der Waals surface area (Å²) in [5.74, 6) is -0.236. The van der Waals surface area contributed by atoms with Crippen LogP contribution in [0.3, 0.4) is 0 Å². The average molecular weight is 274 g/mol. The number of alkyl halides is 3. The van der Waals surface area contributed by atoms with Crippen molar-refractivity contribution in [3.63, 3.8) is 0 Å². The Balaban J connectivity index is 2.67. The van der Waals surface area contributed by atoms with Gasteiger partial charge < -0.3 is 11.1 Å². The Labute approximate surface area is 110 Å². The smallest absolute Gasteiger partial charge is 0.397 e. The van der Waals surface area contributed by atoms with Gasteiger partial charge in [0, 0.05) is 6.42 Å². The third-order valence-electron chi connectivity index (χ3n) is 2.66. The lowest BCUT2D eigenvalue weighted by Gasteiger charge is -2.11. The number of halogens is 3. The van der Waals surface area contributed by atoms with E-state index in [1.807, 2.05) is 6.92 Å². The molecule has 0 saturated heterocycles. The second-order valence-electron chi connectivity index (χ2n) is 4.31. The number of amides is 1. The molecule has 1 aromatic carbocycles. The normalized spacial score (nSPS) is 11.4. The Bertz CT molecular complexity index is 444. The molecule has 0 unspecified atom stereocenters. The van der Waals surface area contributed by atoms with Crippen LogP contribution in [0.5, 0.6) is 0 Å². The number of benzene rings is 1. The number of carbonyl (C=O) groups is 1. The Kier molecular flexibility index (Phi) is 5.20. The number of unbranched alkanes of at least 4 members (excludes halogenated alkanes) is 2. The zero-order valence-electron chi connectivity index (χ0n) is 10.7. The van der Waals surface area contributed by atoms with Gasteiger partial charge in [-0.1, -0.05) is 19.8 Å². The Morgan fingerprint density at radius 3 is 2.53 bits per heavy atom. The van der Waals surface area contributed by atoms with Crippen molar-refractivity contribution in [2.75, 3.05) is 11.1 Å². The first-order valence-corrected chi connectivity index (χ1v) is 6.11. The highest BCUT2D eigenvalue weighted by atomic mass is 19.4. The minimum Gasteiger partial charge on any atom is -0.397 e. The Hall–Kier alpha value is -1.72. The van der Waals surface area contributed by atoms with Gasteiger partial charge in [0.25, 0.3) is 0 Å². The van der Waals surface area contributed by atoms with E-state index in [0.29, 0.717) is 6.42 Å². The molecule has 1 rings (SSSR count). The zero-order valence-corrected chi connectivity index (χ0v) is 10.7. The van der Waals surface area contributed by atoms with E-state index in [2.05, 4.69) is 5.32 Å². The molecule has 1 amide bonds. The summed E-state index contributed by atoms with van der Waals surface area (Å²) in [7, 11) is 0. The molecule has 0 heterocycles. The van der Waals surface area contributed by atoms with Crippen LogP contribution in [-0.4, -0.2) is 5.91 Å². The van der Waals surface area contributed by atoms with Gasteiger partial charge in [0.05, 0.1) is 16.9 Å². The molecule has 0 aliphatic heterocycles. The first-order valence-electron chi connectivity index (χ1n) is 6.11. The maximum atomic E-state index is 12.4. The van der Waals surface area contributed by atoms with Gasteiger partial charge in [0.15, 0.2) is 0 Å². The molecule has 0 aliphatic carbocycles. The van der Waals surface area contributed by atoms with Crippen molar-refractivity contribution in [1.29, 1.82) is 0 Å². The molecule has 0 aromatic heterocycles. The molecular formula is C13H17F3N2O. The van der Waals surface area contributed by atoms with Crippen LogP contribution in [0.4, 0.5) is 24.5 Å². The van der Waals surface area contributed by atoms with Crippen molar-refractivity contribution in [1.82, 2.24) is 0 Å². The van der Waals surface area contributed by atoms with Gasteiger partial charge in [0.1, 0.15) is 0 Å². The molecule has 0 saturated carbocycles. The highest BCUT2D eigenvalue weighted by Crippen LogP contribution is 2.32. The number of nitrogens with two attached hydrogens (primary N) is 1. The van der Waals surface area contributed by atoms with Crippen LogP contribution in [0.25, 0.3) is 0 Å². The number of anilines is 2. The standard InChI is InChI=1S/C13H17F3N2O/c1-2-3-4-5-12(19)18-11-7-6-9(8-10(11)17)13(14,15)16/h6-8H,2-5,17H2,1H3,(H,18,19). The maximum Gasteiger partial charge on any atom is 0.416 e. The van der Waals surface area contributed by atoms with E-state index in [-0.39, 0.29) is 17.3 Å². The molecule has 0 aliphatic rings. The van der Waals surface area contributed by atoms with Gasteiger partial charge in [-0.05, 0) is 24.6 Å². The SMILES string of the molecule is CCCCCC(=O)Nc1ccc(C(F)(F)F)cc1N. The molecule has 0 bridgehead atoms. The fourth-order valence-corrected chi connectivity index (χ4v) is 1.60. The lowest BCUT2D eigenvalue weighted by atomic mass is 10.1. The van der Waals surface area contributed by atoms with Gasteiger partial charge in [0.2, 0.25) is 5.91 Å². The maximum absolute atomic E-state index is 12.4. The minimum atomic E-state index is -4.43. The zero-order chi connectivity index (χ0) is 14.5. The van der Waals surface area contributed by atoms with Crippen molar-refractivity contribution in [3.05, 3.63) is 23.8 Å². The second-order valence-corrected chi connectivity index (χ2v) is 4.31. The second kappa shape index (κ2) is 6.45. The number of hydrogen-bond acceptors (Lipinski definition) is 2. The monoisotopic (exact) mass is 274 g/mol. The molecule has 0 radical (unpaired) electrons. The molecular weight excluding hydrogens is 257 g/mol. The predicted molar refractivity (Wildman–Crippen MR) is 68.6 cm³/mol. The lowest BCUT2D eigenvalue weighted by Crippen LogP contribution is -2.13. The highest BCUT2D eigenvalue weighted by Gasteiger charge is 2.30. The molecule has 1 aromatic rings. The number of nitrogen functional groups attached to an aromatic ring is 1. The lowest BCUT2D eigenvalue weighted by molar-refractivity contribution is -0.137. The first kappa shape index (κ1) is 15.3. The van der Waals surface area contributed by atoms with Crippen LogP contribution in [0.1, 0.15) is 38.2 Å². The van der Waals surface area contributed by atoms with E-state index in [0.717, 1.165) is 31.4 Å². The van der Waals surface area contributed by atoms with E-state index in [1.165, 1.54) is 6.07 Å². The summed E-state index contributed by atoms with van der Waals surface area (Å²) < 4.78 is 37.3. The fourth-order valence-electron chi connectivity index (χ4n) is 1.60. The number of nitrogens with one attached hydrogen (secondary N) is 1. The molecule has 0 atom stereocenters. The molecule has 3 nitrogen and oxygen atoms in total. The van der Waals surface area contributed by atoms with Crippen LogP contribution in [0, 0.1) is 0 Å². The Morgan fingerprint density at radius 2 is 2.00 bits per heavy atom. The highest BCUT2D eigenvalue weighted by molar-refractivity contribution is 5.93. The van der Waals surface area contributed by atoms with E-state index in [9.17, 15) is 18.0 Å². The summed E-state index contributed by atoms with van der Waals surface area (Å²) in [6, 6.07) is 2.90. The summed E-state index contributed by atoms with van der Waals surface area (Å²) >= 11 is 0. The van der Waals surface area contributed by atoms with Crippen LogP contribution in [0.2, 0.25) is 0 Å². The van der Waals surface area contributed by atoms with Crippen molar-refractivity contribution in [2.45, 2.75) is 38.8 Å². The molecule has 3 N–H and O–H groups in total. The number of hydrogen-bond donors (Lipinski definition) is 2. The fraction of sp³-hybridized carbons (Fsp3) is 0.462. The van der Waals surface area contributed by atoms with Gasteiger partial charge in [-0.25, -0.2) is 0 Å². The predicted octanol–water partition coefficient (Wildman–Crippen LogP) is 3.81. The third-order valence-corrected chi connectivity index (χ3v) is 2.66. The van der Waals surface area contributed by atoms with Crippen LogP contribution >= 0.6 is 0 Å². The summed E-state index contributed by atoms with van der Waals surface area (Å²) in [6.07, 6.45) is -1.40. The summed E-state index contributed by atoms with van der Waals surface area (Å²) in [5.41, 5.74) is 4.81. The Morgan fingerprint density at radius 1 is 1.32 bits per heavy atom. The van der Waals surface area contributed by atoms with E-state index in [1.54, 1.807) is 0 Å². The van der Waals surface area contributed by atoms with Crippen LogP contribution in [-0.2, 0) is 11.0 Å². The quantitative estimate of drug-likeness (QED) is 0.633. The molecule has 0 fully saturated rings. The summed E-state index contributed by atoms with van der Waals surface area (Å²) in [5, 5.41) is 2.52. The molecule has 106 valence electrons. The number of rotatable bonds is 5.